The molecule has 2 N–H and O–H groups in total. The minimum absolute atomic E-state index is 0.0561. The number of nitrogens with zero attached hydrogens (tertiary/aromatic N) is 2. The van der Waals surface area contributed by atoms with E-state index in [1.807, 2.05) is 17.0 Å². The van der Waals surface area contributed by atoms with Gasteiger partial charge in [-0.3, -0.25) is 19.4 Å². The summed E-state index contributed by atoms with van der Waals surface area (Å²) in [7, 11) is 0. The molecule has 30 heavy (non-hydrogen) atoms. The Morgan fingerprint density at radius 3 is 2.40 bits per heavy atom. The van der Waals surface area contributed by atoms with Crippen LogP contribution in [0.5, 0.6) is 0 Å². The van der Waals surface area contributed by atoms with E-state index in [0.29, 0.717) is 38.2 Å². The van der Waals surface area contributed by atoms with Gasteiger partial charge in [0.25, 0.3) is 5.56 Å². The molecule has 0 saturated carbocycles. The van der Waals surface area contributed by atoms with Crippen molar-refractivity contribution in [1.29, 1.82) is 0 Å². The zero-order chi connectivity index (χ0) is 21.3. The minimum atomic E-state index is -0.576. The minimum Gasteiger partial charge on any atom is -0.342 e. The third kappa shape index (κ3) is 4.08. The molecule has 1 aromatic carbocycles. The largest absolute Gasteiger partial charge is 0.342 e. The van der Waals surface area contributed by atoms with E-state index < -0.39 is 11.2 Å². The second-order valence-electron chi connectivity index (χ2n) is 8.12. The van der Waals surface area contributed by atoms with E-state index in [4.69, 9.17) is 0 Å². The molecule has 0 aliphatic carbocycles. The highest BCUT2D eigenvalue weighted by Crippen LogP contribution is 2.25. The molecule has 0 unspecified atom stereocenters. The number of aromatic nitrogens is 2. The first-order valence-corrected chi connectivity index (χ1v) is 10.4. The third-order valence-electron chi connectivity index (χ3n) is 6.22. The van der Waals surface area contributed by atoms with Gasteiger partial charge in [0.05, 0.1) is 6.42 Å². The SMILES string of the molecule is Cc1[nH]c(=O)[nH]c(=O)c1CC(=O)N1CCC(C(=O)N2CCc3ccccc3C2)CC1. The lowest BCUT2D eigenvalue weighted by atomic mass is 9.92. The highest BCUT2D eigenvalue weighted by Gasteiger charge is 2.31. The number of hydrogen-bond acceptors (Lipinski definition) is 4. The number of aryl methyl sites for hydroxylation is 1. The molecule has 2 aliphatic rings. The van der Waals surface area contributed by atoms with Crippen molar-refractivity contribution in [2.24, 2.45) is 5.92 Å². The van der Waals surface area contributed by atoms with Gasteiger partial charge >= 0.3 is 5.69 Å². The molecule has 8 heteroatoms. The van der Waals surface area contributed by atoms with E-state index in [2.05, 4.69) is 22.1 Å². The second kappa shape index (κ2) is 8.30. The Labute approximate surface area is 173 Å². The van der Waals surface area contributed by atoms with Gasteiger partial charge in [-0.15, -0.1) is 0 Å². The molecular weight excluding hydrogens is 384 g/mol. The fourth-order valence-corrected chi connectivity index (χ4v) is 4.42. The molecule has 0 radical (unpaired) electrons. The molecule has 1 aromatic heterocycles. The summed E-state index contributed by atoms with van der Waals surface area (Å²) >= 11 is 0. The van der Waals surface area contributed by atoms with Gasteiger partial charge in [0.15, 0.2) is 0 Å². The lowest BCUT2D eigenvalue weighted by Crippen LogP contribution is -2.46. The average Bonchev–Trinajstić information content (AvgIpc) is 2.75. The Hall–Kier alpha value is -3.16. The Morgan fingerprint density at radius 1 is 1.00 bits per heavy atom. The summed E-state index contributed by atoms with van der Waals surface area (Å²) < 4.78 is 0. The molecule has 158 valence electrons. The Kier molecular flexibility index (Phi) is 5.57. The number of carbonyl (C=O) groups excluding carboxylic acids is 2. The van der Waals surface area contributed by atoms with Crippen LogP contribution >= 0.6 is 0 Å². The number of nitrogens with one attached hydrogen (secondary N) is 2. The summed E-state index contributed by atoms with van der Waals surface area (Å²) in [6.07, 6.45) is 2.08. The maximum Gasteiger partial charge on any atom is 0.325 e. The van der Waals surface area contributed by atoms with Crippen molar-refractivity contribution in [3.05, 3.63) is 67.5 Å². The number of carbonyl (C=O) groups is 2. The first-order chi connectivity index (χ1) is 14.4. The number of piperidine rings is 1. The first kappa shape index (κ1) is 20.1. The summed E-state index contributed by atoms with van der Waals surface area (Å²) in [5, 5.41) is 0. The van der Waals surface area contributed by atoms with Crippen molar-refractivity contribution in [2.45, 2.75) is 39.2 Å². The number of fused-ring (bicyclic) bond motifs is 1. The van der Waals surface area contributed by atoms with Crippen molar-refractivity contribution >= 4 is 11.8 Å². The van der Waals surface area contributed by atoms with Crippen molar-refractivity contribution in [3.8, 4) is 0 Å². The normalized spacial score (nSPS) is 17.0. The van der Waals surface area contributed by atoms with Crippen LogP contribution in [-0.4, -0.2) is 51.2 Å². The van der Waals surface area contributed by atoms with Gasteiger partial charge < -0.3 is 14.8 Å². The highest BCUT2D eigenvalue weighted by atomic mass is 16.2. The monoisotopic (exact) mass is 410 g/mol. The Bertz CT molecular complexity index is 1080. The van der Waals surface area contributed by atoms with Gasteiger partial charge in [0, 0.05) is 43.4 Å². The fourth-order valence-electron chi connectivity index (χ4n) is 4.42. The molecule has 8 nitrogen and oxygen atoms in total. The molecule has 2 aliphatic heterocycles. The Morgan fingerprint density at radius 2 is 1.70 bits per heavy atom. The molecule has 2 aromatic rings. The van der Waals surface area contributed by atoms with Gasteiger partial charge in [0.1, 0.15) is 0 Å². The van der Waals surface area contributed by atoms with E-state index in [9.17, 15) is 19.2 Å². The van der Waals surface area contributed by atoms with E-state index >= 15 is 0 Å². The number of aromatic amines is 2. The van der Waals surface area contributed by atoms with Crippen LogP contribution in [0.2, 0.25) is 0 Å². The van der Waals surface area contributed by atoms with Crippen LogP contribution in [-0.2, 0) is 29.0 Å². The van der Waals surface area contributed by atoms with Crippen LogP contribution < -0.4 is 11.2 Å². The van der Waals surface area contributed by atoms with Crippen LogP contribution in [0, 0.1) is 12.8 Å². The van der Waals surface area contributed by atoms with E-state index in [1.165, 1.54) is 11.1 Å². The lowest BCUT2D eigenvalue weighted by Gasteiger charge is -2.36. The maximum atomic E-state index is 13.0. The standard InChI is InChI=1S/C22H26N4O4/c1-14-18(20(28)24-22(30)23-14)12-19(27)25-9-7-16(8-10-25)21(29)26-11-6-15-4-2-3-5-17(15)13-26/h2-5,16H,6-13H2,1H3,(H2,23,24,28,30). The van der Waals surface area contributed by atoms with E-state index in [0.717, 1.165) is 13.0 Å². The van der Waals surface area contributed by atoms with Crippen LogP contribution in [0.25, 0.3) is 0 Å². The molecular formula is C22H26N4O4. The molecule has 0 spiro atoms. The van der Waals surface area contributed by atoms with Crippen LogP contribution in [0.4, 0.5) is 0 Å². The highest BCUT2D eigenvalue weighted by molar-refractivity contribution is 5.81. The quantitative estimate of drug-likeness (QED) is 0.778. The number of hydrogen-bond donors (Lipinski definition) is 2. The lowest BCUT2D eigenvalue weighted by molar-refractivity contribution is -0.141. The predicted octanol–water partition coefficient (Wildman–Crippen LogP) is 0.738. The van der Waals surface area contributed by atoms with E-state index in [-0.39, 0.29) is 29.7 Å². The second-order valence-corrected chi connectivity index (χ2v) is 8.12. The summed E-state index contributed by atoms with van der Waals surface area (Å²) in [6, 6.07) is 8.24. The molecule has 3 heterocycles. The number of rotatable bonds is 3. The zero-order valence-corrected chi connectivity index (χ0v) is 17.1. The van der Waals surface area contributed by atoms with Crippen LogP contribution in [0.15, 0.2) is 33.9 Å². The van der Waals surface area contributed by atoms with Crippen LogP contribution in [0.3, 0.4) is 0 Å². The molecule has 4 rings (SSSR count). The van der Waals surface area contributed by atoms with Crippen molar-refractivity contribution in [3.63, 3.8) is 0 Å². The predicted molar refractivity (Wildman–Crippen MR) is 111 cm³/mol. The summed E-state index contributed by atoms with van der Waals surface area (Å²) in [6.45, 7) is 4.01. The number of H-pyrrole nitrogens is 2. The molecule has 1 saturated heterocycles. The molecule has 1 fully saturated rings. The van der Waals surface area contributed by atoms with Crippen LogP contribution in [0.1, 0.15) is 35.2 Å². The van der Waals surface area contributed by atoms with Gasteiger partial charge in [-0.2, -0.15) is 0 Å². The van der Waals surface area contributed by atoms with Gasteiger partial charge in [-0.25, -0.2) is 4.79 Å². The number of benzene rings is 1. The summed E-state index contributed by atoms with van der Waals surface area (Å²) in [5.41, 5.74) is 2.12. The maximum absolute atomic E-state index is 13.0. The van der Waals surface area contributed by atoms with Gasteiger partial charge in [-0.05, 0) is 37.3 Å². The Balaban J connectivity index is 1.34. The number of amides is 2. The average molecular weight is 410 g/mol. The zero-order valence-electron chi connectivity index (χ0n) is 17.1. The summed E-state index contributed by atoms with van der Waals surface area (Å²) in [5.74, 6) is -0.0597. The van der Waals surface area contributed by atoms with Gasteiger partial charge in [-0.1, -0.05) is 24.3 Å². The van der Waals surface area contributed by atoms with E-state index in [1.54, 1.807) is 11.8 Å². The van der Waals surface area contributed by atoms with Gasteiger partial charge in [0.2, 0.25) is 11.8 Å². The smallest absolute Gasteiger partial charge is 0.325 e. The first-order valence-electron chi connectivity index (χ1n) is 10.4. The van der Waals surface area contributed by atoms with Crippen molar-refractivity contribution < 1.29 is 9.59 Å². The number of likely N-dealkylation sites (tertiary alicyclic amines) is 1. The van der Waals surface area contributed by atoms with Crippen molar-refractivity contribution in [1.82, 2.24) is 19.8 Å². The molecule has 2 amide bonds. The molecule has 0 atom stereocenters. The topological polar surface area (TPSA) is 106 Å². The third-order valence-corrected chi connectivity index (χ3v) is 6.22. The molecule has 0 bridgehead atoms. The fraction of sp³-hybridized carbons (Fsp3) is 0.455. The van der Waals surface area contributed by atoms with Crippen molar-refractivity contribution in [2.75, 3.05) is 19.6 Å². The summed E-state index contributed by atoms with van der Waals surface area (Å²) in [4.78, 5) is 57.3.